The Morgan fingerprint density at radius 2 is 2.12 bits per heavy atom. The molecule has 0 bridgehead atoms. The number of carbonyl (C=O) groups excluding carboxylic acids is 1. The van der Waals surface area contributed by atoms with Gasteiger partial charge in [0.25, 0.3) is 0 Å². The van der Waals surface area contributed by atoms with E-state index in [1.165, 1.54) is 0 Å². The number of fused-ring (bicyclic) bond motifs is 1. The zero-order valence-electron chi connectivity index (χ0n) is 15.6. The summed E-state index contributed by atoms with van der Waals surface area (Å²) in [5.74, 6) is 2.56. The van der Waals surface area contributed by atoms with Gasteiger partial charge in [0, 0.05) is 52.3 Å². The maximum Gasteiger partial charge on any atom is 0.227 e. The first-order valence-corrected chi connectivity index (χ1v) is 9.81. The predicted octanol–water partition coefficient (Wildman–Crippen LogP) is 1.42. The molecule has 0 radical (unpaired) electrons. The van der Waals surface area contributed by atoms with Crippen molar-refractivity contribution in [2.24, 2.45) is 5.92 Å². The van der Waals surface area contributed by atoms with E-state index < -0.39 is 0 Å². The molecular formula is C19H29N3O4. The van der Waals surface area contributed by atoms with Gasteiger partial charge in [0.15, 0.2) is 5.89 Å². The zero-order valence-corrected chi connectivity index (χ0v) is 15.6. The molecule has 0 spiro atoms. The Kier molecular flexibility index (Phi) is 5.57. The van der Waals surface area contributed by atoms with Gasteiger partial charge in [-0.1, -0.05) is 0 Å². The van der Waals surface area contributed by atoms with Crippen LogP contribution in [0, 0.1) is 5.92 Å². The summed E-state index contributed by atoms with van der Waals surface area (Å²) in [4.78, 5) is 22.0. The summed E-state index contributed by atoms with van der Waals surface area (Å²) in [5.41, 5.74) is 0.959. The molecule has 0 aromatic carbocycles. The average molecular weight is 363 g/mol. The van der Waals surface area contributed by atoms with Crippen LogP contribution in [-0.4, -0.2) is 73.8 Å². The molecule has 26 heavy (non-hydrogen) atoms. The van der Waals surface area contributed by atoms with Gasteiger partial charge in [-0.25, -0.2) is 4.98 Å². The van der Waals surface area contributed by atoms with Crippen molar-refractivity contribution >= 4 is 5.91 Å². The highest BCUT2D eigenvalue weighted by molar-refractivity contribution is 5.79. The highest BCUT2D eigenvalue weighted by atomic mass is 16.5. The summed E-state index contributed by atoms with van der Waals surface area (Å²) in [6.45, 7) is 6.35. The first-order valence-electron chi connectivity index (χ1n) is 9.81. The van der Waals surface area contributed by atoms with Crippen LogP contribution >= 0.6 is 0 Å². The summed E-state index contributed by atoms with van der Waals surface area (Å²) in [5, 5.41) is 0. The molecule has 3 aliphatic heterocycles. The Hall–Kier alpha value is -1.44. The zero-order chi connectivity index (χ0) is 17.9. The molecule has 7 heteroatoms. The van der Waals surface area contributed by atoms with Gasteiger partial charge >= 0.3 is 0 Å². The molecule has 3 aliphatic rings. The first kappa shape index (κ1) is 17.9. The van der Waals surface area contributed by atoms with Crippen LogP contribution < -0.4 is 0 Å². The average Bonchev–Trinajstić information content (AvgIpc) is 3.33. The third-order valence-electron chi connectivity index (χ3n) is 5.86. The lowest BCUT2D eigenvalue weighted by atomic mass is 10.0. The molecule has 7 nitrogen and oxygen atoms in total. The van der Waals surface area contributed by atoms with Crippen molar-refractivity contribution in [1.82, 2.24) is 14.8 Å². The van der Waals surface area contributed by atoms with Crippen LogP contribution in [0.2, 0.25) is 0 Å². The van der Waals surface area contributed by atoms with Crippen molar-refractivity contribution < 1.29 is 18.7 Å². The quantitative estimate of drug-likeness (QED) is 0.788. The fraction of sp³-hybridized carbons (Fsp3) is 0.789. The van der Waals surface area contributed by atoms with Gasteiger partial charge in [-0.2, -0.15) is 0 Å². The van der Waals surface area contributed by atoms with Crippen molar-refractivity contribution in [3.05, 3.63) is 17.3 Å². The van der Waals surface area contributed by atoms with Crippen LogP contribution in [0.3, 0.4) is 0 Å². The SMILES string of the molecule is COCCN1CCC(C(=O)N2CCc3oc(C4CCOCC4)nc3C2)C1. The van der Waals surface area contributed by atoms with E-state index in [1.807, 2.05) is 4.90 Å². The number of likely N-dealkylation sites (tertiary alicyclic amines) is 1. The Labute approximate surface area is 154 Å². The molecule has 0 aliphatic carbocycles. The Balaban J connectivity index is 1.36. The van der Waals surface area contributed by atoms with Crippen LogP contribution in [0.15, 0.2) is 4.42 Å². The lowest BCUT2D eigenvalue weighted by molar-refractivity contribution is -0.136. The molecule has 4 heterocycles. The van der Waals surface area contributed by atoms with E-state index in [4.69, 9.17) is 18.9 Å². The van der Waals surface area contributed by atoms with E-state index >= 15 is 0 Å². The maximum absolute atomic E-state index is 12.9. The molecule has 2 saturated heterocycles. The standard InChI is InChI=1S/C19H29N3O4/c1-24-11-8-21-6-2-15(12-21)19(23)22-7-3-17-16(13-22)20-18(26-17)14-4-9-25-10-5-14/h14-15H,2-13H2,1H3. The molecule has 0 N–H and O–H groups in total. The van der Waals surface area contributed by atoms with Gasteiger partial charge in [-0.05, 0) is 25.8 Å². The summed E-state index contributed by atoms with van der Waals surface area (Å²) in [7, 11) is 1.72. The topological polar surface area (TPSA) is 68.0 Å². The summed E-state index contributed by atoms with van der Waals surface area (Å²) in [6, 6.07) is 0. The molecule has 1 atom stereocenters. The van der Waals surface area contributed by atoms with Crippen molar-refractivity contribution in [3.8, 4) is 0 Å². The van der Waals surface area contributed by atoms with E-state index in [9.17, 15) is 4.79 Å². The number of hydrogen-bond donors (Lipinski definition) is 0. The van der Waals surface area contributed by atoms with Crippen LogP contribution in [0.4, 0.5) is 0 Å². The van der Waals surface area contributed by atoms with Crippen molar-refractivity contribution in [2.75, 3.05) is 53.1 Å². The number of ether oxygens (including phenoxy) is 2. The minimum Gasteiger partial charge on any atom is -0.445 e. The Bertz CT molecular complexity index is 626. The molecule has 0 saturated carbocycles. The third-order valence-corrected chi connectivity index (χ3v) is 5.86. The minimum atomic E-state index is 0.107. The first-order chi connectivity index (χ1) is 12.7. The molecule has 1 aromatic heterocycles. The van der Waals surface area contributed by atoms with Crippen molar-refractivity contribution in [1.29, 1.82) is 0 Å². The van der Waals surface area contributed by atoms with Crippen LogP contribution in [0.25, 0.3) is 0 Å². The Morgan fingerprint density at radius 3 is 2.92 bits per heavy atom. The fourth-order valence-electron chi connectivity index (χ4n) is 4.24. The number of nitrogens with zero attached hydrogens (tertiary/aromatic N) is 3. The van der Waals surface area contributed by atoms with Gasteiger partial charge in [-0.15, -0.1) is 0 Å². The molecule has 2 fully saturated rings. The molecular weight excluding hydrogens is 334 g/mol. The van der Waals surface area contributed by atoms with Crippen LogP contribution in [0.1, 0.15) is 42.5 Å². The molecule has 1 amide bonds. The lowest BCUT2D eigenvalue weighted by Gasteiger charge is -2.28. The summed E-state index contributed by atoms with van der Waals surface area (Å²) in [6.07, 6.45) is 3.66. The van der Waals surface area contributed by atoms with Crippen LogP contribution in [0.5, 0.6) is 0 Å². The molecule has 1 aromatic rings. The summed E-state index contributed by atoms with van der Waals surface area (Å²) >= 11 is 0. The van der Waals surface area contributed by atoms with Gasteiger partial charge in [-0.3, -0.25) is 4.79 Å². The highest BCUT2D eigenvalue weighted by Crippen LogP contribution is 2.30. The fourth-order valence-corrected chi connectivity index (χ4v) is 4.24. The van der Waals surface area contributed by atoms with E-state index in [1.54, 1.807) is 7.11 Å². The normalized spacial score (nSPS) is 24.8. The smallest absolute Gasteiger partial charge is 0.227 e. The van der Waals surface area contributed by atoms with E-state index in [2.05, 4.69) is 4.90 Å². The maximum atomic E-state index is 12.9. The number of oxazole rings is 1. The number of aromatic nitrogens is 1. The van der Waals surface area contributed by atoms with E-state index in [0.717, 1.165) is 89.0 Å². The van der Waals surface area contributed by atoms with Crippen LogP contribution in [-0.2, 0) is 27.2 Å². The number of hydrogen-bond acceptors (Lipinski definition) is 6. The molecule has 4 rings (SSSR count). The second-order valence-electron chi connectivity index (χ2n) is 7.60. The third kappa shape index (κ3) is 3.80. The van der Waals surface area contributed by atoms with Crippen molar-refractivity contribution in [2.45, 2.75) is 38.1 Å². The number of rotatable bonds is 5. The Morgan fingerprint density at radius 1 is 1.27 bits per heavy atom. The number of methoxy groups -OCH3 is 1. The van der Waals surface area contributed by atoms with E-state index in [-0.39, 0.29) is 11.8 Å². The monoisotopic (exact) mass is 363 g/mol. The minimum absolute atomic E-state index is 0.107. The van der Waals surface area contributed by atoms with Crippen molar-refractivity contribution in [3.63, 3.8) is 0 Å². The van der Waals surface area contributed by atoms with E-state index in [0.29, 0.717) is 12.5 Å². The highest BCUT2D eigenvalue weighted by Gasteiger charge is 2.34. The molecule has 144 valence electrons. The largest absolute Gasteiger partial charge is 0.445 e. The van der Waals surface area contributed by atoms with Gasteiger partial charge in [0.1, 0.15) is 11.5 Å². The number of amides is 1. The van der Waals surface area contributed by atoms with Gasteiger partial charge in [0.05, 0.1) is 19.1 Å². The van der Waals surface area contributed by atoms with Gasteiger partial charge < -0.3 is 23.7 Å². The second kappa shape index (κ2) is 8.06. The second-order valence-corrected chi connectivity index (χ2v) is 7.60. The predicted molar refractivity (Wildman–Crippen MR) is 94.8 cm³/mol. The summed E-state index contributed by atoms with van der Waals surface area (Å²) < 4.78 is 16.6. The van der Waals surface area contributed by atoms with Gasteiger partial charge in [0.2, 0.25) is 5.91 Å². The molecule has 1 unspecified atom stereocenters. The lowest BCUT2D eigenvalue weighted by Crippen LogP contribution is -2.40. The number of carbonyl (C=O) groups is 1.